The second-order valence-electron chi connectivity index (χ2n) is 5.21. The molecule has 1 rings (SSSR count). The van der Waals surface area contributed by atoms with Crippen molar-refractivity contribution in [1.29, 1.82) is 0 Å². The number of carbonyl (C=O) groups excluding carboxylic acids is 1. The molecule has 0 saturated carbocycles. The molecule has 1 aliphatic heterocycles. The number of aliphatic carboxylic acids is 1. The van der Waals surface area contributed by atoms with Crippen LogP contribution in [0.2, 0.25) is 0 Å². The van der Waals surface area contributed by atoms with Crippen LogP contribution in [0.25, 0.3) is 0 Å². The van der Waals surface area contributed by atoms with Crippen LogP contribution in [0.1, 0.15) is 27.2 Å². The van der Waals surface area contributed by atoms with Crippen molar-refractivity contribution < 1.29 is 14.7 Å². The first kappa shape index (κ1) is 15.8. The van der Waals surface area contributed by atoms with Gasteiger partial charge in [-0.15, -0.1) is 0 Å². The molecule has 1 heterocycles. The normalized spacial score (nSPS) is 16.7. The zero-order valence-corrected chi connectivity index (χ0v) is 12.1. The van der Waals surface area contributed by atoms with Gasteiger partial charge < -0.3 is 14.9 Å². The molecule has 19 heavy (non-hydrogen) atoms. The van der Waals surface area contributed by atoms with E-state index in [0.717, 1.165) is 19.5 Å². The highest BCUT2D eigenvalue weighted by Crippen LogP contribution is 2.09. The van der Waals surface area contributed by atoms with Gasteiger partial charge >= 0.3 is 12.0 Å². The fourth-order valence-corrected chi connectivity index (χ4v) is 2.31. The van der Waals surface area contributed by atoms with Gasteiger partial charge in [-0.1, -0.05) is 6.92 Å². The molecule has 0 aromatic heterocycles. The maximum atomic E-state index is 12.3. The van der Waals surface area contributed by atoms with Crippen LogP contribution in [0.4, 0.5) is 4.79 Å². The zero-order valence-electron chi connectivity index (χ0n) is 12.1. The van der Waals surface area contributed by atoms with Gasteiger partial charge in [0.05, 0.1) is 0 Å². The van der Waals surface area contributed by atoms with E-state index in [-0.39, 0.29) is 12.6 Å². The van der Waals surface area contributed by atoms with Gasteiger partial charge in [0.1, 0.15) is 6.54 Å². The third kappa shape index (κ3) is 4.70. The minimum atomic E-state index is -0.956. The van der Waals surface area contributed by atoms with E-state index >= 15 is 0 Å². The molecular weight excluding hydrogens is 246 g/mol. The lowest BCUT2D eigenvalue weighted by Crippen LogP contribution is -2.54. The molecule has 1 N–H and O–H groups in total. The van der Waals surface area contributed by atoms with Crippen molar-refractivity contribution >= 4 is 12.0 Å². The summed E-state index contributed by atoms with van der Waals surface area (Å²) in [6, 6.07) is 0.343. The van der Waals surface area contributed by atoms with Crippen LogP contribution < -0.4 is 0 Å². The second kappa shape index (κ2) is 7.33. The lowest BCUT2D eigenvalue weighted by atomic mass is 10.2. The molecule has 0 aromatic rings. The van der Waals surface area contributed by atoms with Gasteiger partial charge in [-0.2, -0.15) is 0 Å². The Hall–Kier alpha value is -1.30. The molecule has 0 unspecified atom stereocenters. The minimum Gasteiger partial charge on any atom is -0.480 e. The molecule has 1 saturated heterocycles. The second-order valence-corrected chi connectivity index (χ2v) is 5.21. The van der Waals surface area contributed by atoms with Crippen LogP contribution in [0.5, 0.6) is 0 Å². The summed E-state index contributed by atoms with van der Waals surface area (Å²) in [7, 11) is 0. The molecule has 0 atom stereocenters. The van der Waals surface area contributed by atoms with Crippen LogP contribution in [0, 0.1) is 0 Å². The first-order valence-corrected chi connectivity index (χ1v) is 6.95. The van der Waals surface area contributed by atoms with E-state index in [1.54, 1.807) is 4.90 Å². The van der Waals surface area contributed by atoms with Crippen molar-refractivity contribution in [3.8, 4) is 0 Å². The highest BCUT2D eigenvalue weighted by atomic mass is 16.4. The van der Waals surface area contributed by atoms with E-state index < -0.39 is 5.97 Å². The molecule has 0 aliphatic carbocycles. The first-order valence-electron chi connectivity index (χ1n) is 6.95. The number of hydrogen-bond donors (Lipinski definition) is 1. The number of piperazine rings is 1. The average Bonchev–Trinajstić information content (AvgIpc) is 2.37. The Bertz CT molecular complexity index is 312. The Balaban J connectivity index is 2.54. The van der Waals surface area contributed by atoms with Crippen LogP contribution in [-0.2, 0) is 4.79 Å². The Kier molecular flexibility index (Phi) is 6.08. The van der Waals surface area contributed by atoms with Crippen molar-refractivity contribution in [1.82, 2.24) is 14.7 Å². The first-order chi connectivity index (χ1) is 8.95. The van der Waals surface area contributed by atoms with Crippen LogP contribution in [0.15, 0.2) is 0 Å². The molecule has 0 bridgehead atoms. The van der Waals surface area contributed by atoms with E-state index in [0.29, 0.717) is 25.7 Å². The van der Waals surface area contributed by atoms with E-state index in [9.17, 15) is 9.59 Å². The largest absolute Gasteiger partial charge is 0.480 e. The molecule has 1 aliphatic rings. The lowest BCUT2D eigenvalue weighted by molar-refractivity contribution is -0.137. The van der Waals surface area contributed by atoms with Crippen molar-refractivity contribution in [2.24, 2.45) is 0 Å². The van der Waals surface area contributed by atoms with E-state index in [2.05, 4.69) is 18.7 Å². The monoisotopic (exact) mass is 271 g/mol. The standard InChI is InChI=1S/C13H25N3O3/c1-4-5-16(10-12(17)18)13(19)15-8-6-14(7-9-15)11(2)3/h11H,4-10H2,1-3H3,(H,17,18). The highest BCUT2D eigenvalue weighted by molar-refractivity contribution is 5.80. The molecular formula is C13H25N3O3. The SMILES string of the molecule is CCCN(CC(=O)O)C(=O)N1CCN(C(C)C)CC1. The van der Waals surface area contributed by atoms with E-state index in [4.69, 9.17) is 5.11 Å². The average molecular weight is 271 g/mol. The Labute approximate surface area is 115 Å². The topological polar surface area (TPSA) is 64.1 Å². The lowest BCUT2D eigenvalue weighted by Gasteiger charge is -2.38. The Morgan fingerprint density at radius 1 is 1.21 bits per heavy atom. The number of carbonyl (C=O) groups is 2. The molecule has 2 amide bonds. The van der Waals surface area contributed by atoms with Gasteiger partial charge in [-0.3, -0.25) is 9.69 Å². The predicted octanol–water partition coefficient (Wildman–Crippen LogP) is 0.929. The van der Waals surface area contributed by atoms with Gasteiger partial charge in [-0.05, 0) is 20.3 Å². The van der Waals surface area contributed by atoms with Gasteiger partial charge in [-0.25, -0.2) is 4.79 Å². The number of carboxylic acid groups (broad SMARTS) is 1. The number of nitrogens with zero attached hydrogens (tertiary/aromatic N) is 3. The van der Waals surface area contributed by atoms with E-state index in [1.807, 2.05) is 6.92 Å². The van der Waals surface area contributed by atoms with Crippen molar-refractivity contribution in [3.63, 3.8) is 0 Å². The number of hydrogen-bond acceptors (Lipinski definition) is 3. The fourth-order valence-electron chi connectivity index (χ4n) is 2.31. The summed E-state index contributed by atoms with van der Waals surface area (Å²) in [5.41, 5.74) is 0. The summed E-state index contributed by atoms with van der Waals surface area (Å²) in [6.45, 7) is 9.59. The smallest absolute Gasteiger partial charge is 0.323 e. The van der Waals surface area contributed by atoms with Crippen molar-refractivity contribution in [2.75, 3.05) is 39.3 Å². The number of amides is 2. The molecule has 6 heteroatoms. The number of rotatable bonds is 5. The molecule has 110 valence electrons. The van der Waals surface area contributed by atoms with Gasteiger partial charge in [0, 0.05) is 38.8 Å². The van der Waals surface area contributed by atoms with Crippen molar-refractivity contribution in [2.45, 2.75) is 33.2 Å². The van der Waals surface area contributed by atoms with Crippen LogP contribution in [0.3, 0.4) is 0 Å². The highest BCUT2D eigenvalue weighted by Gasteiger charge is 2.26. The molecule has 0 aromatic carbocycles. The third-order valence-corrected chi connectivity index (χ3v) is 3.41. The summed E-state index contributed by atoms with van der Waals surface area (Å²) in [5, 5.41) is 8.85. The summed E-state index contributed by atoms with van der Waals surface area (Å²) >= 11 is 0. The maximum absolute atomic E-state index is 12.3. The van der Waals surface area contributed by atoms with Gasteiger partial charge in [0.25, 0.3) is 0 Å². The molecule has 0 radical (unpaired) electrons. The fraction of sp³-hybridized carbons (Fsp3) is 0.846. The zero-order chi connectivity index (χ0) is 14.4. The van der Waals surface area contributed by atoms with Crippen LogP contribution in [-0.4, -0.2) is 77.1 Å². The molecule has 0 spiro atoms. The Morgan fingerprint density at radius 3 is 2.21 bits per heavy atom. The Morgan fingerprint density at radius 2 is 1.79 bits per heavy atom. The summed E-state index contributed by atoms with van der Waals surface area (Å²) in [6.07, 6.45) is 0.769. The molecule has 1 fully saturated rings. The summed E-state index contributed by atoms with van der Waals surface area (Å²) in [4.78, 5) is 28.6. The van der Waals surface area contributed by atoms with Crippen LogP contribution >= 0.6 is 0 Å². The van der Waals surface area contributed by atoms with Gasteiger partial charge in [0.15, 0.2) is 0 Å². The number of carboxylic acids is 1. The quantitative estimate of drug-likeness (QED) is 0.808. The summed E-state index contributed by atoms with van der Waals surface area (Å²) < 4.78 is 0. The third-order valence-electron chi connectivity index (χ3n) is 3.41. The van der Waals surface area contributed by atoms with E-state index in [1.165, 1.54) is 4.90 Å². The predicted molar refractivity (Wildman–Crippen MR) is 73.2 cm³/mol. The summed E-state index contributed by atoms with van der Waals surface area (Å²) in [5.74, 6) is -0.956. The van der Waals surface area contributed by atoms with Crippen molar-refractivity contribution in [3.05, 3.63) is 0 Å². The minimum absolute atomic E-state index is 0.146. The maximum Gasteiger partial charge on any atom is 0.323 e. The van der Waals surface area contributed by atoms with Gasteiger partial charge in [0.2, 0.25) is 0 Å². The number of urea groups is 1. The molecule has 6 nitrogen and oxygen atoms in total.